The summed E-state index contributed by atoms with van der Waals surface area (Å²) in [6.07, 6.45) is 1.97. The minimum Gasteiger partial charge on any atom is -0.347 e. The zero-order valence-electron chi connectivity index (χ0n) is 9.85. The fourth-order valence-electron chi connectivity index (χ4n) is 1.65. The first-order valence-corrected chi connectivity index (χ1v) is 5.94. The zero-order chi connectivity index (χ0) is 13.0. The van der Waals surface area contributed by atoms with E-state index in [0.29, 0.717) is 11.4 Å². The molecule has 1 heterocycles. The van der Waals surface area contributed by atoms with Crippen molar-refractivity contribution in [3.8, 4) is 0 Å². The van der Waals surface area contributed by atoms with Gasteiger partial charge in [-0.2, -0.15) is 5.10 Å². The van der Waals surface area contributed by atoms with Gasteiger partial charge in [-0.15, -0.1) is 0 Å². The van der Waals surface area contributed by atoms with Crippen LogP contribution in [0, 0.1) is 0 Å². The highest BCUT2D eigenvalue weighted by molar-refractivity contribution is 6.31. The van der Waals surface area contributed by atoms with Gasteiger partial charge in [0.25, 0.3) is 5.91 Å². The number of H-pyrrole nitrogens is 1. The van der Waals surface area contributed by atoms with Crippen LogP contribution < -0.4 is 5.32 Å². The molecule has 94 valence electrons. The van der Waals surface area contributed by atoms with Crippen LogP contribution in [0.1, 0.15) is 23.1 Å². The average molecular weight is 265 g/mol. The lowest BCUT2D eigenvalue weighted by molar-refractivity contribution is 0.0930. The minimum absolute atomic E-state index is 0.0394. The Morgan fingerprint density at radius 1 is 1.50 bits per heavy atom. The van der Waals surface area contributed by atoms with Crippen molar-refractivity contribution in [2.24, 2.45) is 0 Å². The standard InChI is InChI=1S/C12H13ClN4O/c1-8(6-9-4-2-3-5-10(9)13)16-12(18)11-14-7-15-17-11/h2-5,7-8H,6H2,1H3,(H,16,18)(H,14,15,17). The van der Waals surface area contributed by atoms with Crippen LogP contribution >= 0.6 is 11.6 Å². The molecule has 1 unspecified atom stereocenters. The number of aromatic nitrogens is 3. The Labute approximate surface area is 110 Å². The first-order valence-electron chi connectivity index (χ1n) is 5.56. The Hall–Kier alpha value is -1.88. The summed E-state index contributed by atoms with van der Waals surface area (Å²) in [5.74, 6) is -0.0620. The summed E-state index contributed by atoms with van der Waals surface area (Å²) in [4.78, 5) is 15.5. The Balaban J connectivity index is 1.95. The molecular weight excluding hydrogens is 252 g/mol. The molecule has 6 heteroatoms. The van der Waals surface area contributed by atoms with E-state index in [0.717, 1.165) is 5.56 Å². The van der Waals surface area contributed by atoms with Crippen molar-refractivity contribution in [3.63, 3.8) is 0 Å². The van der Waals surface area contributed by atoms with Gasteiger partial charge >= 0.3 is 0 Å². The van der Waals surface area contributed by atoms with Gasteiger partial charge in [0, 0.05) is 11.1 Å². The molecule has 0 aliphatic carbocycles. The van der Waals surface area contributed by atoms with E-state index >= 15 is 0 Å². The smallest absolute Gasteiger partial charge is 0.288 e. The van der Waals surface area contributed by atoms with Crippen LogP contribution in [0.2, 0.25) is 5.02 Å². The molecule has 0 bridgehead atoms. The van der Waals surface area contributed by atoms with Gasteiger partial charge in [-0.1, -0.05) is 29.8 Å². The van der Waals surface area contributed by atoms with Crippen molar-refractivity contribution >= 4 is 17.5 Å². The number of nitrogens with one attached hydrogen (secondary N) is 2. The van der Waals surface area contributed by atoms with Gasteiger partial charge in [-0.25, -0.2) is 4.98 Å². The Bertz CT molecular complexity index is 527. The van der Waals surface area contributed by atoms with Crippen molar-refractivity contribution in [2.45, 2.75) is 19.4 Å². The summed E-state index contributed by atoms with van der Waals surface area (Å²) in [5.41, 5.74) is 1.00. The second kappa shape index (κ2) is 5.64. The Kier molecular flexibility index (Phi) is 3.94. The highest BCUT2D eigenvalue weighted by Crippen LogP contribution is 2.16. The molecule has 2 aromatic rings. The van der Waals surface area contributed by atoms with E-state index in [1.54, 1.807) is 0 Å². The summed E-state index contributed by atoms with van der Waals surface area (Å²) in [6, 6.07) is 7.54. The summed E-state index contributed by atoms with van der Waals surface area (Å²) < 4.78 is 0. The van der Waals surface area contributed by atoms with Gasteiger partial charge in [0.15, 0.2) is 0 Å². The number of carbonyl (C=O) groups is 1. The predicted molar refractivity (Wildman–Crippen MR) is 68.5 cm³/mol. The van der Waals surface area contributed by atoms with Crippen LogP contribution in [0.25, 0.3) is 0 Å². The van der Waals surface area contributed by atoms with E-state index in [-0.39, 0.29) is 17.8 Å². The lowest BCUT2D eigenvalue weighted by Crippen LogP contribution is -2.34. The van der Waals surface area contributed by atoms with Crippen LogP contribution in [0.15, 0.2) is 30.6 Å². The lowest BCUT2D eigenvalue weighted by atomic mass is 10.1. The molecule has 0 fully saturated rings. The highest BCUT2D eigenvalue weighted by atomic mass is 35.5. The zero-order valence-corrected chi connectivity index (χ0v) is 10.6. The van der Waals surface area contributed by atoms with Crippen LogP contribution in [0.5, 0.6) is 0 Å². The molecule has 1 aromatic heterocycles. The number of rotatable bonds is 4. The van der Waals surface area contributed by atoms with Crippen LogP contribution in [0.3, 0.4) is 0 Å². The van der Waals surface area contributed by atoms with Gasteiger partial charge in [-0.3, -0.25) is 9.89 Å². The SMILES string of the molecule is CC(Cc1ccccc1Cl)NC(=O)c1ncn[nH]1. The van der Waals surface area contributed by atoms with Gasteiger partial charge in [-0.05, 0) is 25.0 Å². The third-order valence-corrected chi connectivity index (χ3v) is 2.86. The normalized spacial score (nSPS) is 12.1. The van der Waals surface area contributed by atoms with Crippen LogP contribution in [0.4, 0.5) is 0 Å². The number of amides is 1. The number of nitrogens with zero attached hydrogens (tertiary/aromatic N) is 2. The Morgan fingerprint density at radius 2 is 2.28 bits per heavy atom. The van der Waals surface area contributed by atoms with Crippen LogP contribution in [-0.4, -0.2) is 27.1 Å². The maximum atomic E-state index is 11.7. The molecule has 0 aliphatic rings. The maximum absolute atomic E-state index is 11.7. The molecule has 0 saturated heterocycles. The number of hydrogen-bond acceptors (Lipinski definition) is 3. The fourth-order valence-corrected chi connectivity index (χ4v) is 1.86. The predicted octanol–water partition coefficient (Wildman–Crippen LogP) is 1.82. The van der Waals surface area contributed by atoms with Crippen molar-refractivity contribution in [1.29, 1.82) is 0 Å². The molecule has 0 saturated carbocycles. The van der Waals surface area contributed by atoms with Gasteiger partial charge in [0.2, 0.25) is 5.82 Å². The molecule has 5 nitrogen and oxygen atoms in total. The van der Waals surface area contributed by atoms with Gasteiger partial charge < -0.3 is 5.32 Å². The summed E-state index contributed by atoms with van der Waals surface area (Å²) in [5, 5.41) is 9.68. The van der Waals surface area contributed by atoms with Crippen molar-refractivity contribution < 1.29 is 4.79 Å². The highest BCUT2D eigenvalue weighted by Gasteiger charge is 2.13. The molecule has 1 aromatic carbocycles. The molecule has 1 atom stereocenters. The molecule has 0 radical (unpaired) electrons. The Morgan fingerprint density at radius 3 is 2.94 bits per heavy atom. The topological polar surface area (TPSA) is 70.7 Å². The van der Waals surface area contributed by atoms with E-state index in [2.05, 4.69) is 20.5 Å². The van der Waals surface area contributed by atoms with Crippen molar-refractivity contribution in [1.82, 2.24) is 20.5 Å². The molecule has 18 heavy (non-hydrogen) atoms. The molecule has 0 spiro atoms. The number of halogens is 1. The number of benzene rings is 1. The van der Waals surface area contributed by atoms with E-state index in [9.17, 15) is 4.79 Å². The maximum Gasteiger partial charge on any atom is 0.288 e. The minimum atomic E-state index is -0.271. The largest absolute Gasteiger partial charge is 0.347 e. The number of hydrogen-bond donors (Lipinski definition) is 2. The average Bonchev–Trinajstić information content (AvgIpc) is 2.85. The number of carbonyl (C=O) groups excluding carboxylic acids is 1. The van der Waals surface area contributed by atoms with Crippen molar-refractivity contribution in [3.05, 3.63) is 47.0 Å². The second-order valence-corrected chi connectivity index (χ2v) is 4.41. The summed E-state index contributed by atoms with van der Waals surface area (Å²) in [7, 11) is 0. The van der Waals surface area contributed by atoms with Gasteiger partial charge in [0.05, 0.1) is 0 Å². The van der Waals surface area contributed by atoms with E-state index < -0.39 is 0 Å². The molecule has 2 rings (SSSR count). The third kappa shape index (κ3) is 3.07. The lowest BCUT2D eigenvalue weighted by Gasteiger charge is -2.13. The molecule has 2 N–H and O–H groups in total. The first-order chi connectivity index (χ1) is 8.66. The first kappa shape index (κ1) is 12.6. The van der Waals surface area contributed by atoms with E-state index in [1.807, 2.05) is 31.2 Å². The quantitative estimate of drug-likeness (QED) is 0.885. The van der Waals surface area contributed by atoms with Gasteiger partial charge in [0.1, 0.15) is 6.33 Å². The molecular formula is C12H13ClN4O. The summed E-state index contributed by atoms with van der Waals surface area (Å²) >= 11 is 6.06. The molecule has 1 amide bonds. The van der Waals surface area contributed by atoms with E-state index in [4.69, 9.17) is 11.6 Å². The monoisotopic (exact) mass is 264 g/mol. The fraction of sp³-hybridized carbons (Fsp3) is 0.250. The summed E-state index contributed by atoms with van der Waals surface area (Å²) in [6.45, 7) is 1.91. The van der Waals surface area contributed by atoms with Crippen molar-refractivity contribution in [2.75, 3.05) is 0 Å². The number of aromatic amines is 1. The second-order valence-electron chi connectivity index (χ2n) is 4.00. The molecule has 0 aliphatic heterocycles. The van der Waals surface area contributed by atoms with Crippen LogP contribution in [-0.2, 0) is 6.42 Å². The third-order valence-electron chi connectivity index (χ3n) is 2.49. The van der Waals surface area contributed by atoms with E-state index in [1.165, 1.54) is 6.33 Å².